The number of aryl methyl sites for hydroxylation is 1. The van der Waals surface area contributed by atoms with Crippen LogP contribution in [0.15, 0.2) is 36.4 Å². The van der Waals surface area contributed by atoms with Crippen molar-refractivity contribution in [2.45, 2.75) is 39.3 Å². The lowest BCUT2D eigenvalue weighted by atomic mass is 10.1. The zero-order chi connectivity index (χ0) is 20.4. The second-order valence-electron chi connectivity index (χ2n) is 8.17. The van der Waals surface area contributed by atoms with Crippen molar-refractivity contribution in [2.75, 3.05) is 26.2 Å². The molecule has 1 aromatic heterocycles. The van der Waals surface area contributed by atoms with E-state index in [1.807, 2.05) is 35.2 Å². The van der Waals surface area contributed by atoms with Crippen LogP contribution in [0.1, 0.15) is 47.0 Å². The molecule has 0 atom stereocenters. The highest BCUT2D eigenvalue weighted by molar-refractivity contribution is 5.92. The number of nitrogens with zero attached hydrogens (tertiary/aromatic N) is 4. The summed E-state index contributed by atoms with van der Waals surface area (Å²) in [5.41, 5.74) is 5.60. The summed E-state index contributed by atoms with van der Waals surface area (Å²) in [5, 5.41) is 8.90. The first kappa shape index (κ1) is 19.5. The number of aromatic nitrogens is 1. The van der Waals surface area contributed by atoms with Crippen molar-refractivity contribution < 1.29 is 4.79 Å². The van der Waals surface area contributed by atoms with E-state index < -0.39 is 0 Å². The first-order chi connectivity index (χ1) is 14.0. The van der Waals surface area contributed by atoms with Gasteiger partial charge >= 0.3 is 0 Å². The number of rotatable bonds is 5. The van der Waals surface area contributed by atoms with Crippen molar-refractivity contribution in [1.29, 1.82) is 5.26 Å². The Morgan fingerprint density at radius 3 is 2.45 bits per heavy atom. The smallest absolute Gasteiger partial charge is 0.246 e. The van der Waals surface area contributed by atoms with E-state index in [0.29, 0.717) is 11.6 Å². The maximum absolute atomic E-state index is 12.6. The summed E-state index contributed by atoms with van der Waals surface area (Å²) < 4.78 is 2.41. The van der Waals surface area contributed by atoms with Crippen molar-refractivity contribution in [3.05, 3.63) is 64.5 Å². The molecular weight excluding hydrogens is 360 g/mol. The van der Waals surface area contributed by atoms with Crippen LogP contribution in [0.4, 0.5) is 0 Å². The second-order valence-corrected chi connectivity index (χ2v) is 8.17. The molecular formula is C24H28N4O. The number of carbonyl (C=O) groups excluding carboxylic acids is 1. The van der Waals surface area contributed by atoms with Crippen LogP contribution < -0.4 is 0 Å². The van der Waals surface area contributed by atoms with Gasteiger partial charge in [0.1, 0.15) is 0 Å². The topological polar surface area (TPSA) is 52.3 Å². The van der Waals surface area contributed by atoms with Crippen molar-refractivity contribution >= 4 is 12.0 Å². The van der Waals surface area contributed by atoms with E-state index in [4.69, 9.17) is 5.26 Å². The standard InChI is InChI=1S/C24H28N4O/c1-18-15-22(19(2)28(18)23-8-9-23)7-10-24(29)27-13-11-26(12-14-27)17-21-5-3-20(16-25)4-6-21/h3-7,10,15,23H,8-9,11-14,17H2,1-2H3/b10-7+. The van der Waals surface area contributed by atoms with E-state index in [1.54, 1.807) is 6.08 Å². The van der Waals surface area contributed by atoms with Crippen LogP contribution in [-0.4, -0.2) is 46.5 Å². The van der Waals surface area contributed by atoms with Crippen molar-refractivity contribution in [1.82, 2.24) is 14.4 Å². The number of benzene rings is 1. The fourth-order valence-electron chi connectivity index (χ4n) is 4.20. The van der Waals surface area contributed by atoms with Crippen molar-refractivity contribution in [3.63, 3.8) is 0 Å². The summed E-state index contributed by atoms with van der Waals surface area (Å²) in [7, 11) is 0. The molecule has 2 aliphatic rings. The normalized spacial score (nSPS) is 17.6. The highest BCUT2D eigenvalue weighted by Crippen LogP contribution is 2.38. The Bertz CT molecular complexity index is 952. The number of carbonyl (C=O) groups is 1. The highest BCUT2D eigenvalue weighted by Gasteiger charge is 2.26. The van der Waals surface area contributed by atoms with Gasteiger partial charge in [-0.25, -0.2) is 0 Å². The van der Waals surface area contributed by atoms with Gasteiger partial charge in [-0.3, -0.25) is 9.69 Å². The number of hydrogen-bond acceptors (Lipinski definition) is 3. The summed E-state index contributed by atoms with van der Waals surface area (Å²) in [6.07, 6.45) is 6.25. The molecule has 0 unspecified atom stereocenters. The maximum atomic E-state index is 12.6. The molecule has 2 fully saturated rings. The minimum absolute atomic E-state index is 0.0965. The Hall–Kier alpha value is -2.84. The number of hydrogen-bond donors (Lipinski definition) is 0. The Morgan fingerprint density at radius 2 is 1.83 bits per heavy atom. The molecule has 0 bridgehead atoms. The van der Waals surface area contributed by atoms with Crippen molar-refractivity contribution in [3.8, 4) is 6.07 Å². The van der Waals surface area contributed by atoms with Gasteiger partial charge in [-0.1, -0.05) is 12.1 Å². The van der Waals surface area contributed by atoms with E-state index >= 15 is 0 Å². The Balaban J connectivity index is 1.30. The van der Waals surface area contributed by atoms with E-state index in [-0.39, 0.29) is 5.91 Å². The Morgan fingerprint density at radius 1 is 1.14 bits per heavy atom. The van der Waals surface area contributed by atoms with Gasteiger partial charge in [0.25, 0.3) is 0 Å². The SMILES string of the molecule is Cc1cc(/C=C/C(=O)N2CCN(Cc3ccc(C#N)cc3)CC2)c(C)n1C1CC1. The molecule has 4 rings (SSSR count). The molecule has 29 heavy (non-hydrogen) atoms. The van der Waals surface area contributed by atoms with Gasteiger partial charge in [-0.05, 0) is 62.1 Å². The molecule has 0 radical (unpaired) electrons. The predicted octanol–water partition coefficient (Wildman–Crippen LogP) is 3.67. The lowest BCUT2D eigenvalue weighted by Crippen LogP contribution is -2.47. The van der Waals surface area contributed by atoms with Crippen LogP contribution in [0.5, 0.6) is 0 Å². The fourth-order valence-corrected chi connectivity index (χ4v) is 4.20. The van der Waals surface area contributed by atoms with Gasteiger partial charge in [-0.2, -0.15) is 5.26 Å². The van der Waals surface area contributed by atoms with Gasteiger partial charge < -0.3 is 9.47 Å². The average molecular weight is 389 g/mol. The summed E-state index contributed by atoms with van der Waals surface area (Å²) >= 11 is 0. The van der Waals surface area contributed by atoms with Gasteiger partial charge in [-0.15, -0.1) is 0 Å². The minimum atomic E-state index is 0.0965. The van der Waals surface area contributed by atoms with Crippen LogP contribution in [0.25, 0.3) is 6.08 Å². The van der Waals surface area contributed by atoms with Crippen LogP contribution >= 0.6 is 0 Å². The molecule has 1 amide bonds. The third-order valence-corrected chi connectivity index (χ3v) is 6.01. The molecule has 1 aliphatic heterocycles. The summed E-state index contributed by atoms with van der Waals surface area (Å²) in [4.78, 5) is 16.9. The summed E-state index contributed by atoms with van der Waals surface area (Å²) in [6, 6.07) is 12.7. The molecule has 1 saturated carbocycles. The minimum Gasteiger partial charge on any atom is -0.346 e. The first-order valence-electron chi connectivity index (χ1n) is 10.4. The van der Waals surface area contributed by atoms with Crippen LogP contribution in [0.2, 0.25) is 0 Å². The average Bonchev–Trinajstić information content (AvgIpc) is 3.52. The second kappa shape index (κ2) is 8.26. The van der Waals surface area contributed by atoms with E-state index in [0.717, 1.165) is 38.3 Å². The molecule has 1 saturated heterocycles. The largest absolute Gasteiger partial charge is 0.346 e. The fraction of sp³-hybridized carbons (Fsp3) is 0.417. The quantitative estimate of drug-likeness (QED) is 0.735. The van der Waals surface area contributed by atoms with Gasteiger partial charge in [0, 0.05) is 56.2 Å². The lowest BCUT2D eigenvalue weighted by molar-refractivity contribution is -0.127. The molecule has 5 heteroatoms. The molecule has 1 aromatic carbocycles. The molecule has 0 N–H and O–H groups in total. The van der Waals surface area contributed by atoms with Gasteiger partial charge in [0.05, 0.1) is 11.6 Å². The van der Waals surface area contributed by atoms with Gasteiger partial charge in [0.2, 0.25) is 5.91 Å². The third-order valence-electron chi connectivity index (χ3n) is 6.01. The molecule has 1 aliphatic carbocycles. The van der Waals surface area contributed by atoms with Crippen LogP contribution in [0.3, 0.4) is 0 Å². The molecule has 0 spiro atoms. The first-order valence-corrected chi connectivity index (χ1v) is 10.4. The van der Waals surface area contributed by atoms with Crippen molar-refractivity contribution in [2.24, 2.45) is 0 Å². The van der Waals surface area contributed by atoms with E-state index in [9.17, 15) is 4.79 Å². The summed E-state index contributed by atoms with van der Waals surface area (Å²) in [5.74, 6) is 0.0965. The van der Waals surface area contributed by atoms with Crippen LogP contribution in [-0.2, 0) is 11.3 Å². The van der Waals surface area contributed by atoms with E-state index in [1.165, 1.54) is 29.8 Å². The van der Waals surface area contributed by atoms with Gasteiger partial charge in [0.15, 0.2) is 0 Å². The maximum Gasteiger partial charge on any atom is 0.246 e. The molecule has 5 nitrogen and oxygen atoms in total. The van der Waals surface area contributed by atoms with Crippen LogP contribution in [0, 0.1) is 25.2 Å². The number of nitriles is 1. The lowest BCUT2D eigenvalue weighted by Gasteiger charge is -2.34. The zero-order valence-corrected chi connectivity index (χ0v) is 17.3. The zero-order valence-electron chi connectivity index (χ0n) is 17.3. The molecule has 2 aromatic rings. The Kier molecular flexibility index (Phi) is 5.55. The highest BCUT2D eigenvalue weighted by atomic mass is 16.2. The predicted molar refractivity (Wildman–Crippen MR) is 114 cm³/mol. The monoisotopic (exact) mass is 388 g/mol. The summed E-state index contributed by atoms with van der Waals surface area (Å²) in [6.45, 7) is 8.40. The molecule has 2 heterocycles. The van der Waals surface area contributed by atoms with E-state index in [2.05, 4.69) is 35.5 Å². The Labute approximate surface area is 172 Å². The number of amides is 1. The third kappa shape index (κ3) is 4.44. The number of piperazine rings is 1. The molecule has 150 valence electrons.